The molecule has 1 N–H and O–H groups in total. The molecule has 108 valence electrons. The molecule has 1 fully saturated rings. The van der Waals surface area contributed by atoms with E-state index in [4.69, 9.17) is 0 Å². The number of hydrogen-bond donors (Lipinski definition) is 1. The van der Waals surface area contributed by atoms with E-state index in [-0.39, 0.29) is 23.2 Å². The summed E-state index contributed by atoms with van der Waals surface area (Å²) in [4.78, 5) is 25.5. The summed E-state index contributed by atoms with van der Waals surface area (Å²) in [5, 5.41) is 14.3. The largest absolute Gasteiger partial charge is 0.337 e. The minimum atomic E-state index is -0.502. The van der Waals surface area contributed by atoms with Gasteiger partial charge in [0, 0.05) is 30.6 Å². The first-order valence-electron chi connectivity index (χ1n) is 6.35. The van der Waals surface area contributed by atoms with E-state index in [1.807, 2.05) is 6.26 Å². The number of nitrogens with zero attached hydrogens (tertiary/aromatic N) is 2. The van der Waals surface area contributed by atoms with Crippen LogP contribution in [0.2, 0.25) is 0 Å². The maximum absolute atomic E-state index is 12.5. The first-order valence-corrected chi connectivity index (χ1v) is 7.57. The molecule has 0 aromatic heterocycles. The fourth-order valence-corrected chi connectivity index (χ4v) is 2.74. The topological polar surface area (TPSA) is 75.5 Å². The lowest BCUT2D eigenvalue weighted by Gasteiger charge is -2.23. The zero-order valence-electron chi connectivity index (χ0n) is 11.5. The molecular formula is C13H17N3O3S. The number of nitro benzene ring substituents is 1. The number of likely N-dealkylation sites (N-methyl/N-ethyl adjacent to an activating group) is 1. The normalized spacial score (nSPS) is 18.0. The van der Waals surface area contributed by atoms with Crippen molar-refractivity contribution in [1.82, 2.24) is 10.2 Å². The smallest absolute Gasteiger partial charge is 0.282 e. The van der Waals surface area contributed by atoms with Crippen LogP contribution in [-0.4, -0.2) is 48.2 Å². The molecule has 0 bridgehead atoms. The Bertz CT molecular complexity index is 530. The second kappa shape index (κ2) is 6.23. The van der Waals surface area contributed by atoms with Crippen LogP contribution in [0.25, 0.3) is 0 Å². The lowest BCUT2D eigenvalue weighted by atomic mass is 10.1. The fraction of sp³-hybridized carbons (Fsp3) is 0.462. The zero-order valence-corrected chi connectivity index (χ0v) is 12.3. The highest BCUT2D eigenvalue weighted by Gasteiger charge is 2.28. The highest BCUT2D eigenvalue weighted by molar-refractivity contribution is 7.98. The van der Waals surface area contributed by atoms with E-state index in [2.05, 4.69) is 5.32 Å². The molecule has 20 heavy (non-hydrogen) atoms. The number of hydrogen-bond acceptors (Lipinski definition) is 5. The number of benzene rings is 1. The monoisotopic (exact) mass is 295 g/mol. The predicted molar refractivity (Wildman–Crippen MR) is 78.2 cm³/mol. The molecule has 0 aliphatic carbocycles. The van der Waals surface area contributed by atoms with Gasteiger partial charge in [0.15, 0.2) is 0 Å². The second-order valence-corrected chi connectivity index (χ2v) is 5.58. The summed E-state index contributed by atoms with van der Waals surface area (Å²) in [6.45, 7) is 1.60. The molecule has 1 aromatic rings. The van der Waals surface area contributed by atoms with Gasteiger partial charge in [-0.25, -0.2) is 0 Å². The molecule has 0 spiro atoms. The third kappa shape index (κ3) is 2.94. The van der Waals surface area contributed by atoms with E-state index in [1.54, 1.807) is 24.1 Å². The summed E-state index contributed by atoms with van der Waals surface area (Å²) >= 11 is 1.46. The molecule has 2 rings (SSSR count). The highest BCUT2D eigenvalue weighted by Crippen LogP contribution is 2.26. The molecule has 6 nitrogen and oxygen atoms in total. The molecule has 1 aliphatic rings. The number of thioether (sulfide) groups is 1. The van der Waals surface area contributed by atoms with Crippen LogP contribution >= 0.6 is 11.8 Å². The zero-order chi connectivity index (χ0) is 14.7. The maximum Gasteiger partial charge on any atom is 0.282 e. The maximum atomic E-state index is 12.5. The van der Waals surface area contributed by atoms with Crippen LogP contribution in [0.3, 0.4) is 0 Å². The van der Waals surface area contributed by atoms with Gasteiger partial charge >= 0.3 is 0 Å². The average molecular weight is 295 g/mol. The fourth-order valence-electron chi connectivity index (χ4n) is 2.30. The van der Waals surface area contributed by atoms with Crippen molar-refractivity contribution < 1.29 is 9.72 Å². The summed E-state index contributed by atoms with van der Waals surface area (Å²) < 4.78 is 0. The van der Waals surface area contributed by atoms with Crippen molar-refractivity contribution >= 4 is 23.4 Å². The van der Waals surface area contributed by atoms with E-state index in [0.717, 1.165) is 24.4 Å². The number of nitro groups is 1. The molecule has 0 radical (unpaired) electrons. The van der Waals surface area contributed by atoms with Gasteiger partial charge in [0.1, 0.15) is 5.56 Å². The molecular weight excluding hydrogens is 278 g/mol. The third-order valence-electron chi connectivity index (χ3n) is 3.53. The van der Waals surface area contributed by atoms with Gasteiger partial charge in [-0.3, -0.25) is 14.9 Å². The van der Waals surface area contributed by atoms with Gasteiger partial charge in [0.05, 0.1) is 4.92 Å². The van der Waals surface area contributed by atoms with Gasteiger partial charge in [-0.15, -0.1) is 11.8 Å². The summed E-state index contributed by atoms with van der Waals surface area (Å²) in [6.07, 6.45) is 2.75. The Morgan fingerprint density at radius 3 is 2.85 bits per heavy atom. The van der Waals surface area contributed by atoms with Crippen LogP contribution in [0.1, 0.15) is 16.8 Å². The number of rotatable bonds is 4. The van der Waals surface area contributed by atoms with Gasteiger partial charge < -0.3 is 10.2 Å². The highest BCUT2D eigenvalue weighted by atomic mass is 32.2. The van der Waals surface area contributed by atoms with Crippen LogP contribution in [0, 0.1) is 10.1 Å². The Hall–Kier alpha value is -1.60. The molecule has 7 heteroatoms. The Balaban J connectivity index is 2.33. The summed E-state index contributed by atoms with van der Waals surface area (Å²) in [6, 6.07) is 4.76. The van der Waals surface area contributed by atoms with Crippen molar-refractivity contribution in [2.24, 2.45) is 0 Å². The number of nitrogens with one attached hydrogen (secondary N) is 1. The van der Waals surface area contributed by atoms with Gasteiger partial charge in [-0.1, -0.05) is 0 Å². The van der Waals surface area contributed by atoms with Gasteiger partial charge in [-0.05, 0) is 31.4 Å². The van der Waals surface area contributed by atoms with Crippen molar-refractivity contribution in [1.29, 1.82) is 0 Å². The van der Waals surface area contributed by atoms with Crippen molar-refractivity contribution in [3.05, 3.63) is 33.9 Å². The Morgan fingerprint density at radius 1 is 1.55 bits per heavy atom. The Morgan fingerprint density at radius 2 is 2.30 bits per heavy atom. The van der Waals surface area contributed by atoms with Gasteiger partial charge in [-0.2, -0.15) is 0 Å². The van der Waals surface area contributed by atoms with Crippen LogP contribution in [0.5, 0.6) is 0 Å². The SMILES string of the molecule is CSc1ccc([N+](=O)[O-])c(C(=O)N(C)C2CCNC2)c1. The molecule has 1 unspecified atom stereocenters. The second-order valence-electron chi connectivity index (χ2n) is 4.70. The lowest BCUT2D eigenvalue weighted by Crippen LogP contribution is -2.38. The summed E-state index contributed by atoms with van der Waals surface area (Å²) in [5.74, 6) is -0.290. The lowest BCUT2D eigenvalue weighted by molar-refractivity contribution is -0.385. The molecule has 1 amide bonds. The third-order valence-corrected chi connectivity index (χ3v) is 4.26. The van der Waals surface area contributed by atoms with Crippen molar-refractivity contribution in [2.45, 2.75) is 17.4 Å². The van der Waals surface area contributed by atoms with Crippen molar-refractivity contribution in [2.75, 3.05) is 26.4 Å². The molecule has 1 heterocycles. The van der Waals surface area contributed by atoms with Crippen LogP contribution < -0.4 is 5.32 Å². The van der Waals surface area contributed by atoms with Crippen molar-refractivity contribution in [3.8, 4) is 0 Å². The first kappa shape index (κ1) is 14.8. The summed E-state index contributed by atoms with van der Waals surface area (Å²) in [7, 11) is 1.70. The van der Waals surface area contributed by atoms with Gasteiger partial charge in [0.25, 0.3) is 11.6 Å². The Labute approximate surface area is 121 Å². The molecule has 1 atom stereocenters. The van der Waals surface area contributed by atoms with E-state index in [1.165, 1.54) is 17.8 Å². The molecule has 0 saturated carbocycles. The molecule has 1 aliphatic heterocycles. The van der Waals surface area contributed by atoms with Crippen LogP contribution in [0.15, 0.2) is 23.1 Å². The first-order chi connectivity index (χ1) is 9.54. The number of amides is 1. The van der Waals surface area contributed by atoms with E-state index in [9.17, 15) is 14.9 Å². The van der Waals surface area contributed by atoms with E-state index in [0.29, 0.717) is 0 Å². The van der Waals surface area contributed by atoms with Crippen LogP contribution in [0.4, 0.5) is 5.69 Å². The van der Waals surface area contributed by atoms with E-state index >= 15 is 0 Å². The molecule has 1 aromatic carbocycles. The number of carbonyl (C=O) groups is 1. The number of carbonyl (C=O) groups excluding carboxylic acids is 1. The van der Waals surface area contributed by atoms with E-state index < -0.39 is 4.92 Å². The average Bonchev–Trinajstić information content (AvgIpc) is 2.99. The summed E-state index contributed by atoms with van der Waals surface area (Å²) in [5.41, 5.74) is 0.0295. The van der Waals surface area contributed by atoms with Crippen LogP contribution in [-0.2, 0) is 0 Å². The minimum absolute atomic E-state index is 0.0973. The Kier molecular flexibility index (Phi) is 4.61. The van der Waals surface area contributed by atoms with Crippen molar-refractivity contribution in [3.63, 3.8) is 0 Å². The quantitative estimate of drug-likeness (QED) is 0.520. The minimum Gasteiger partial charge on any atom is -0.337 e. The van der Waals surface area contributed by atoms with Gasteiger partial charge in [0.2, 0.25) is 0 Å². The predicted octanol–water partition coefficient (Wildman–Crippen LogP) is 1.75. The standard InChI is InChI=1S/C13H17N3O3S/c1-15(9-5-6-14-8-9)13(17)11-7-10(20-2)3-4-12(11)16(18)19/h3-4,7,9,14H,5-6,8H2,1-2H3. The molecule has 1 saturated heterocycles.